The van der Waals surface area contributed by atoms with Gasteiger partial charge in [-0.3, -0.25) is 14.9 Å². The molecule has 1 amide bonds. The number of anilines is 1. The summed E-state index contributed by atoms with van der Waals surface area (Å²) in [6, 6.07) is 8.78. The summed E-state index contributed by atoms with van der Waals surface area (Å²) < 4.78 is 5.04. The normalized spacial score (nSPS) is 12.1. The molecule has 0 bridgehead atoms. The highest BCUT2D eigenvalue weighted by molar-refractivity contribution is 6.03. The molecule has 1 atom stereocenters. The number of carbonyl (C=O) groups excluding carboxylic acids is 1. The number of rotatable bonds is 4. The molecular weight excluding hydrogens is 244 g/mol. The minimum Gasteiger partial charge on any atom is -0.360 e. The van der Waals surface area contributed by atoms with Gasteiger partial charge in [-0.1, -0.05) is 32.0 Å². The van der Waals surface area contributed by atoms with E-state index in [1.54, 1.807) is 24.3 Å². The van der Waals surface area contributed by atoms with Gasteiger partial charge in [-0.25, -0.2) is 0 Å². The van der Waals surface area contributed by atoms with Crippen LogP contribution in [-0.2, 0) is 0 Å². The van der Waals surface area contributed by atoms with Gasteiger partial charge in [0.25, 0.3) is 11.5 Å². The summed E-state index contributed by atoms with van der Waals surface area (Å²) in [6.07, 6.45) is 0.789. The monoisotopic (exact) mass is 260 g/mol. The lowest BCUT2D eigenvalue weighted by molar-refractivity contribution is 0.102. The van der Waals surface area contributed by atoms with Gasteiger partial charge in [0.2, 0.25) is 5.88 Å². The van der Waals surface area contributed by atoms with E-state index < -0.39 is 0 Å². The van der Waals surface area contributed by atoms with Crippen LogP contribution < -0.4 is 10.9 Å². The molecule has 0 unspecified atom stereocenters. The van der Waals surface area contributed by atoms with Gasteiger partial charge in [-0.15, -0.1) is 0 Å². The third-order valence-corrected chi connectivity index (χ3v) is 3.10. The summed E-state index contributed by atoms with van der Waals surface area (Å²) in [6.45, 7) is 3.89. The quantitative estimate of drug-likeness (QED) is 0.887. The molecule has 0 radical (unpaired) electrons. The zero-order valence-electron chi connectivity index (χ0n) is 10.9. The SMILES string of the molecule is CC[C@@H](C)c1c(NC(=O)c2ccccc2)o[nH]c1=O. The number of H-pyrrole nitrogens is 1. The Kier molecular flexibility index (Phi) is 3.85. The first-order chi connectivity index (χ1) is 9.13. The van der Waals surface area contributed by atoms with E-state index in [-0.39, 0.29) is 23.3 Å². The number of carbonyl (C=O) groups is 1. The fraction of sp³-hybridized carbons (Fsp3) is 0.286. The van der Waals surface area contributed by atoms with Crippen LogP contribution in [0, 0.1) is 0 Å². The van der Waals surface area contributed by atoms with Crippen LogP contribution in [0.1, 0.15) is 42.1 Å². The van der Waals surface area contributed by atoms with Crippen molar-refractivity contribution in [1.82, 2.24) is 5.16 Å². The third-order valence-electron chi connectivity index (χ3n) is 3.10. The molecule has 2 rings (SSSR count). The highest BCUT2D eigenvalue weighted by Crippen LogP contribution is 2.23. The maximum atomic E-state index is 12.0. The number of aromatic amines is 1. The highest BCUT2D eigenvalue weighted by Gasteiger charge is 2.20. The summed E-state index contributed by atoms with van der Waals surface area (Å²) in [5, 5.41) is 4.89. The van der Waals surface area contributed by atoms with E-state index in [2.05, 4.69) is 10.5 Å². The molecule has 0 fully saturated rings. The van der Waals surface area contributed by atoms with Crippen LogP contribution >= 0.6 is 0 Å². The molecule has 0 aliphatic carbocycles. The van der Waals surface area contributed by atoms with E-state index in [0.29, 0.717) is 11.1 Å². The lowest BCUT2D eigenvalue weighted by Crippen LogP contribution is -2.15. The van der Waals surface area contributed by atoms with Crippen molar-refractivity contribution in [2.45, 2.75) is 26.2 Å². The van der Waals surface area contributed by atoms with Crippen LogP contribution in [0.4, 0.5) is 5.88 Å². The lowest BCUT2D eigenvalue weighted by atomic mass is 10.0. The number of hydrogen-bond donors (Lipinski definition) is 2. The number of hydrogen-bond acceptors (Lipinski definition) is 3. The Bertz CT molecular complexity index is 613. The number of amides is 1. The average molecular weight is 260 g/mol. The van der Waals surface area contributed by atoms with Crippen molar-refractivity contribution >= 4 is 11.8 Å². The molecule has 0 saturated carbocycles. The van der Waals surface area contributed by atoms with Crippen molar-refractivity contribution in [3.05, 3.63) is 51.8 Å². The van der Waals surface area contributed by atoms with Crippen molar-refractivity contribution in [2.75, 3.05) is 5.32 Å². The Balaban J connectivity index is 2.25. The second-order valence-electron chi connectivity index (χ2n) is 4.41. The molecule has 0 aliphatic rings. The van der Waals surface area contributed by atoms with Crippen molar-refractivity contribution in [2.24, 2.45) is 0 Å². The Labute approximate surface area is 110 Å². The molecule has 100 valence electrons. The largest absolute Gasteiger partial charge is 0.360 e. The zero-order chi connectivity index (χ0) is 13.8. The Hall–Kier alpha value is -2.30. The van der Waals surface area contributed by atoms with Crippen LogP contribution in [0.2, 0.25) is 0 Å². The molecule has 1 heterocycles. The second-order valence-corrected chi connectivity index (χ2v) is 4.41. The molecule has 5 nitrogen and oxygen atoms in total. The summed E-state index contributed by atoms with van der Waals surface area (Å²) in [5.74, 6) is -0.0744. The second kappa shape index (κ2) is 5.56. The molecule has 2 N–H and O–H groups in total. The van der Waals surface area contributed by atoms with Gasteiger partial charge in [0.1, 0.15) is 0 Å². The molecule has 1 aromatic heterocycles. The summed E-state index contributed by atoms with van der Waals surface area (Å²) in [5.41, 5.74) is 0.700. The first kappa shape index (κ1) is 13.1. The molecule has 0 aliphatic heterocycles. The standard InChI is InChI=1S/C14H16N2O3/c1-3-9(2)11-13(18)16-19-14(11)15-12(17)10-7-5-4-6-8-10/h4-9H,3H2,1-2H3,(H,15,17)(H,16,18)/t9-/m1/s1. The Morgan fingerprint density at radius 1 is 1.37 bits per heavy atom. The first-order valence-corrected chi connectivity index (χ1v) is 6.21. The van der Waals surface area contributed by atoms with Gasteiger partial charge < -0.3 is 4.52 Å². The topological polar surface area (TPSA) is 75.1 Å². The van der Waals surface area contributed by atoms with Gasteiger partial charge >= 0.3 is 0 Å². The van der Waals surface area contributed by atoms with Crippen LogP contribution in [0.15, 0.2) is 39.6 Å². The van der Waals surface area contributed by atoms with E-state index in [0.717, 1.165) is 6.42 Å². The summed E-state index contributed by atoms with van der Waals surface area (Å²) in [4.78, 5) is 23.7. The Morgan fingerprint density at radius 2 is 2.05 bits per heavy atom. The third kappa shape index (κ3) is 2.76. The molecule has 0 saturated heterocycles. The fourth-order valence-electron chi connectivity index (χ4n) is 1.82. The molecule has 1 aromatic carbocycles. The first-order valence-electron chi connectivity index (χ1n) is 6.21. The van der Waals surface area contributed by atoms with Crippen LogP contribution in [0.5, 0.6) is 0 Å². The predicted octanol–water partition coefficient (Wildman–Crippen LogP) is 2.73. The molecule has 5 heteroatoms. The minimum atomic E-state index is -0.298. The predicted molar refractivity (Wildman–Crippen MR) is 72.4 cm³/mol. The van der Waals surface area contributed by atoms with Gasteiger partial charge in [0.15, 0.2) is 0 Å². The number of aromatic nitrogens is 1. The van der Waals surface area contributed by atoms with Gasteiger partial charge in [0, 0.05) is 5.56 Å². The maximum absolute atomic E-state index is 12.0. The zero-order valence-corrected chi connectivity index (χ0v) is 10.9. The van der Waals surface area contributed by atoms with E-state index in [4.69, 9.17) is 4.52 Å². The van der Waals surface area contributed by atoms with E-state index in [9.17, 15) is 9.59 Å². The highest BCUT2D eigenvalue weighted by atomic mass is 16.5. The number of benzene rings is 1. The minimum absolute atomic E-state index is 0.0218. The van der Waals surface area contributed by atoms with Crippen molar-refractivity contribution in [3.63, 3.8) is 0 Å². The van der Waals surface area contributed by atoms with E-state index in [1.807, 2.05) is 19.9 Å². The molecular formula is C14H16N2O3. The smallest absolute Gasteiger partial charge is 0.285 e. The van der Waals surface area contributed by atoms with Crippen LogP contribution in [0.25, 0.3) is 0 Å². The summed E-state index contributed by atoms with van der Waals surface area (Å²) in [7, 11) is 0. The molecule has 19 heavy (non-hydrogen) atoms. The van der Waals surface area contributed by atoms with Crippen LogP contribution in [-0.4, -0.2) is 11.1 Å². The summed E-state index contributed by atoms with van der Waals surface area (Å²) >= 11 is 0. The lowest BCUT2D eigenvalue weighted by Gasteiger charge is -2.07. The molecule has 2 aromatic rings. The number of nitrogens with one attached hydrogen (secondary N) is 2. The van der Waals surface area contributed by atoms with Gasteiger partial charge in [0.05, 0.1) is 5.56 Å². The van der Waals surface area contributed by atoms with E-state index >= 15 is 0 Å². The van der Waals surface area contributed by atoms with E-state index in [1.165, 1.54) is 0 Å². The Morgan fingerprint density at radius 3 is 2.68 bits per heavy atom. The fourth-order valence-corrected chi connectivity index (χ4v) is 1.82. The maximum Gasteiger partial charge on any atom is 0.285 e. The van der Waals surface area contributed by atoms with Crippen molar-refractivity contribution < 1.29 is 9.32 Å². The van der Waals surface area contributed by atoms with Crippen LogP contribution in [0.3, 0.4) is 0 Å². The van der Waals surface area contributed by atoms with Crippen molar-refractivity contribution in [1.29, 1.82) is 0 Å². The van der Waals surface area contributed by atoms with Crippen molar-refractivity contribution in [3.8, 4) is 0 Å². The van der Waals surface area contributed by atoms with Gasteiger partial charge in [-0.2, -0.15) is 5.16 Å². The van der Waals surface area contributed by atoms with Gasteiger partial charge in [-0.05, 0) is 24.5 Å². The average Bonchev–Trinajstić information content (AvgIpc) is 2.80. The molecule has 0 spiro atoms.